The minimum absolute atomic E-state index is 0.669. The van der Waals surface area contributed by atoms with E-state index < -0.39 is 0 Å². The standard InChI is InChI=1S/C18H42N2O3/c1-7-8-9-10-19(2,3)11-14-22-15-12-20(4,5)13-16-23-18-17-21-6/h7-18H2,1-6H3/q+2. The van der Waals surface area contributed by atoms with Crippen molar-refractivity contribution in [3.8, 4) is 0 Å². The summed E-state index contributed by atoms with van der Waals surface area (Å²) < 4.78 is 18.4. The Hall–Kier alpha value is -0.200. The van der Waals surface area contributed by atoms with Gasteiger partial charge in [-0.25, -0.2) is 0 Å². The molecule has 0 bridgehead atoms. The molecular formula is C18H42N2O3+2. The number of hydrogen-bond acceptors (Lipinski definition) is 3. The van der Waals surface area contributed by atoms with Crippen molar-refractivity contribution in [1.29, 1.82) is 0 Å². The Kier molecular flexibility index (Phi) is 13.0. The zero-order chi connectivity index (χ0) is 17.6. The van der Waals surface area contributed by atoms with Crippen molar-refractivity contribution in [1.82, 2.24) is 0 Å². The smallest absolute Gasteiger partial charge is 0.102 e. The molecule has 0 aliphatic carbocycles. The number of quaternary nitrogens is 2. The average molecular weight is 335 g/mol. The van der Waals surface area contributed by atoms with E-state index in [0.29, 0.717) is 13.2 Å². The average Bonchev–Trinajstić information content (AvgIpc) is 2.46. The van der Waals surface area contributed by atoms with E-state index in [1.807, 2.05) is 0 Å². The molecule has 0 unspecified atom stereocenters. The van der Waals surface area contributed by atoms with Crippen molar-refractivity contribution in [2.75, 3.05) is 94.5 Å². The molecular weight excluding hydrogens is 292 g/mol. The van der Waals surface area contributed by atoms with Crippen LogP contribution in [0.1, 0.15) is 26.2 Å². The summed E-state index contributed by atoms with van der Waals surface area (Å²) in [5.74, 6) is 0. The molecule has 0 radical (unpaired) electrons. The van der Waals surface area contributed by atoms with Crippen LogP contribution in [0.3, 0.4) is 0 Å². The zero-order valence-electron chi connectivity index (χ0n) is 16.6. The molecule has 0 aromatic rings. The maximum atomic E-state index is 5.86. The Morgan fingerprint density at radius 2 is 1.09 bits per heavy atom. The van der Waals surface area contributed by atoms with Gasteiger partial charge in [-0.15, -0.1) is 0 Å². The first-order valence-electron chi connectivity index (χ1n) is 9.11. The van der Waals surface area contributed by atoms with Crippen LogP contribution < -0.4 is 0 Å². The quantitative estimate of drug-likeness (QED) is 0.319. The van der Waals surface area contributed by atoms with Crippen molar-refractivity contribution >= 4 is 0 Å². The molecule has 0 rings (SSSR count). The maximum absolute atomic E-state index is 5.86. The number of rotatable bonds is 16. The number of likely N-dealkylation sites (N-methyl/N-ethyl adjacent to an activating group) is 2. The van der Waals surface area contributed by atoms with Gasteiger partial charge >= 0.3 is 0 Å². The third-order valence-electron chi connectivity index (χ3n) is 4.32. The van der Waals surface area contributed by atoms with Crippen LogP contribution in [-0.2, 0) is 14.2 Å². The number of unbranched alkanes of at least 4 members (excludes halogenated alkanes) is 2. The minimum Gasteiger partial charge on any atom is -0.382 e. The maximum Gasteiger partial charge on any atom is 0.102 e. The summed E-state index contributed by atoms with van der Waals surface area (Å²) in [6.07, 6.45) is 3.94. The van der Waals surface area contributed by atoms with Crippen molar-refractivity contribution in [3.05, 3.63) is 0 Å². The van der Waals surface area contributed by atoms with Crippen molar-refractivity contribution in [3.63, 3.8) is 0 Å². The van der Waals surface area contributed by atoms with Crippen LogP contribution in [0.25, 0.3) is 0 Å². The van der Waals surface area contributed by atoms with Gasteiger partial charge in [0.2, 0.25) is 0 Å². The Bertz CT molecular complexity index is 271. The highest BCUT2D eigenvalue weighted by Gasteiger charge is 2.16. The van der Waals surface area contributed by atoms with E-state index in [1.54, 1.807) is 7.11 Å². The lowest BCUT2D eigenvalue weighted by atomic mass is 10.2. The molecule has 0 amide bonds. The molecule has 0 aromatic carbocycles. The molecule has 5 heteroatoms. The Labute approximate surface area is 144 Å². The van der Waals surface area contributed by atoms with Crippen LogP contribution in [0.4, 0.5) is 0 Å². The van der Waals surface area contributed by atoms with Gasteiger partial charge in [0.25, 0.3) is 0 Å². The van der Waals surface area contributed by atoms with E-state index in [2.05, 4.69) is 35.1 Å². The van der Waals surface area contributed by atoms with Gasteiger partial charge in [0, 0.05) is 7.11 Å². The van der Waals surface area contributed by atoms with E-state index in [-0.39, 0.29) is 0 Å². The predicted molar refractivity (Wildman–Crippen MR) is 96.7 cm³/mol. The fraction of sp³-hybridized carbons (Fsp3) is 1.00. The largest absolute Gasteiger partial charge is 0.382 e. The van der Waals surface area contributed by atoms with E-state index in [4.69, 9.17) is 14.2 Å². The predicted octanol–water partition coefficient (Wildman–Crippen LogP) is 2.01. The first-order valence-corrected chi connectivity index (χ1v) is 9.11. The normalized spacial score (nSPS) is 12.8. The van der Waals surface area contributed by atoms with Gasteiger partial charge in [0.1, 0.15) is 19.6 Å². The van der Waals surface area contributed by atoms with Crippen LogP contribution in [-0.4, -0.2) is 103 Å². The lowest BCUT2D eigenvalue weighted by molar-refractivity contribution is -0.894. The lowest BCUT2D eigenvalue weighted by Gasteiger charge is -2.31. The van der Waals surface area contributed by atoms with Crippen LogP contribution in [0.15, 0.2) is 0 Å². The van der Waals surface area contributed by atoms with E-state index in [1.165, 1.54) is 25.8 Å². The van der Waals surface area contributed by atoms with Crippen LogP contribution in [0, 0.1) is 0 Å². The molecule has 140 valence electrons. The number of hydrogen-bond donors (Lipinski definition) is 0. The zero-order valence-corrected chi connectivity index (χ0v) is 16.6. The fourth-order valence-corrected chi connectivity index (χ4v) is 2.29. The Morgan fingerprint density at radius 3 is 1.57 bits per heavy atom. The molecule has 5 nitrogen and oxygen atoms in total. The van der Waals surface area contributed by atoms with Gasteiger partial charge in [-0.2, -0.15) is 0 Å². The highest BCUT2D eigenvalue weighted by atomic mass is 16.5. The Morgan fingerprint density at radius 1 is 0.609 bits per heavy atom. The van der Waals surface area contributed by atoms with Crippen LogP contribution >= 0.6 is 0 Å². The molecule has 0 saturated heterocycles. The van der Waals surface area contributed by atoms with Gasteiger partial charge in [0.05, 0.1) is 67.8 Å². The van der Waals surface area contributed by atoms with Gasteiger partial charge in [-0.05, 0) is 12.8 Å². The molecule has 0 aliphatic heterocycles. The highest BCUT2D eigenvalue weighted by molar-refractivity contribution is 4.41. The van der Waals surface area contributed by atoms with Crippen LogP contribution in [0.5, 0.6) is 0 Å². The van der Waals surface area contributed by atoms with Gasteiger partial charge < -0.3 is 23.2 Å². The summed E-state index contributed by atoms with van der Waals surface area (Å²) in [4.78, 5) is 0. The molecule has 0 saturated carbocycles. The van der Waals surface area contributed by atoms with Crippen molar-refractivity contribution in [2.24, 2.45) is 0 Å². The molecule has 0 N–H and O–H groups in total. The lowest BCUT2D eigenvalue weighted by Crippen LogP contribution is -2.46. The second-order valence-corrected chi connectivity index (χ2v) is 7.69. The second-order valence-electron chi connectivity index (χ2n) is 7.69. The first kappa shape index (κ1) is 22.8. The fourth-order valence-electron chi connectivity index (χ4n) is 2.29. The summed E-state index contributed by atoms with van der Waals surface area (Å²) in [7, 11) is 10.8. The van der Waals surface area contributed by atoms with Gasteiger partial charge in [-0.3, -0.25) is 0 Å². The number of ether oxygens (including phenoxy) is 3. The third-order valence-corrected chi connectivity index (χ3v) is 4.32. The minimum atomic E-state index is 0.669. The topological polar surface area (TPSA) is 27.7 Å². The van der Waals surface area contributed by atoms with Crippen LogP contribution in [0.2, 0.25) is 0 Å². The molecule has 0 fully saturated rings. The van der Waals surface area contributed by atoms with E-state index in [0.717, 1.165) is 48.4 Å². The molecule has 0 aromatic heterocycles. The molecule has 0 spiro atoms. The molecule has 0 heterocycles. The van der Waals surface area contributed by atoms with E-state index in [9.17, 15) is 0 Å². The second kappa shape index (κ2) is 13.1. The summed E-state index contributed by atoms with van der Waals surface area (Å²) in [5.41, 5.74) is 0. The van der Waals surface area contributed by atoms with E-state index >= 15 is 0 Å². The molecule has 0 aliphatic rings. The third kappa shape index (κ3) is 15.1. The number of nitrogens with zero attached hydrogens (tertiary/aromatic N) is 2. The van der Waals surface area contributed by atoms with Gasteiger partial charge in [-0.1, -0.05) is 13.3 Å². The summed E-state index contributed by atoms with van der Waals surface area (Å²) in [6, 6.07) is 0. The summed E-state index contributed by atoms with van der Waals surface area (Å²) in [6.45, 7) is 10.4. The Balaban J connectivity index is 3.64. The molecule has 23 heavy (non-hydrogen) atoms. The summed E-state index contributed by atoms with van der Waals surface area (Å²) >= 11 is 0. The first-order chi connectivity index (χ1) is 10.8. The molecule has 0 atom stereocenters. The monoisotopic (exact) mass is 334 g/mol. The van der Waals surface area contributed by atoms with Crippen molar-refractivity contribution in [2.45, 2.75) is 26.2 Å². The highest BCUT2D eigenvalue weighted by Crippen LogP contribution is 2.04. The summed E-state index contributed by atoms with van der Waals surface area (Å²) in [5, 5.41) is 0. The van der Waals surface area contributed by atoms with Gasteiger partial charge in [0.15, 0.2) is 0 Å². The van der Waals surface area contributed by atoms with Crippen molar-refractivity contribution < 1.29 is 23.2 Å². The number of methoxy groups -OCH3 is 1. The SMILES string of the molecule is CCCCC[N+](C)(C)CCOCC[N+](C)(C)CCOCCOC.